The van der Waals surface area contributed by atoms with E-state index in [1.165, 1.54) is 13.2 Å². The number of carbonyl (C=O) groups is 3. The molecule has 2 aromatic carbocycles. The van der Waals surface area contributed by atoms with Crippen molar-refractivity contribution < 1.29 is 19.1 Å². The average Bonchev–Trinajstić information content (AvgIpc) is 2.93. The molecule has 0 aromatic heterocycles. The van der Waals surface area contributed by atoms with Crippen molar-refractivity contribution in [3.8, 4) is 5.75 Å². The first-order chi connectivity index (χ1) is 13.4. The predicted octanol–water partition coefficient (Wildman–Crippen LogP) is 4.68. The third-order valence-electron chi connectivity index (χ3n) is 3.82. The van der Waals surface area contributed by atoms with E-state index in [1.54, 1.807) is 42.5 Å². The number of hydrogen-bond acceptors (Lipinski definition) is 5. The second-order valence-electron chi connectivity index (χ2n) is 5.66. The smallest absolute Gasteiger partial charge is 0.294 e. The maximum absolute atomic E-state index is 12.6. The number of hydrogen-bond donors (Lipinski definition) is 1. The van der Waals surface area contributed by atoms with Gasteiger partial charge in [0.2, 0.25) is 5.91 Å². The standard InChI is InChI=1S/C19H14Cl2N2O4S/c1-27-14-8-3-2-7-13(14)22-16(24)10-23-18(25)15(28-19(23)26)9-11-5-4-6-12(20)17(11)21/h2-9H,10H2,1H3,(H,22,24)/b15-9+. The minimum atomic E-state index is -0.568. The molecule has 1 aliphatic heterocycles. The molecule has 3 rings (SSSR count). The molecule has 0 radical (unpaired) electrons. The normalized spacial score (nSPS) is 15.2. The quantitative estimate of drug-likeness (QED) is 0.688. The highest BCUT2D eigenvalue weighted by Gasteiger charge is 2.36. The number of thioether (sulfide) groups is 1. The van der Waals surface area contributed by atoms with Gasteiger partial charge in [0, 0.05) is 0 Å². The lowest BCUT2D eigenvalue weighted by Gasteiger charge is -2.14. The monoisotopic (exact) mass is 436 g/mol. The van der Waals surface area contributed by atoms with Crippen LogP contribution in [0.15, 0.2) is 47.4 Å². The zero-order valence-corrected chi connectivity index (χ0v) is 16.9. The Balaban J connectivity index is 1.74. The van der Waals surface area contributed by atoms with Crippen molar-refractivity contribution in [1.82, 2.24) is 4.90 Å². The number of nitrogens with one attached hydrogen (secondary N) is 1. The molecule has 1 aliphatic rings. The van der Waals surface area contributed by atoms with Gasteiger partial charge >= 0.3 is 0 Å². The zero-order valence-electron chi connectivity index (χ0n) is 14.6. The first-order valence-electron chi connectivity index (χ1n) is 8.03. The maximum Gasteiger partial charge on any atom is 0.294 e. The predicted molar refractivity (Wildman–Crippen MR) is 111 cm³/mol. The van der Waals surface area contributed by atoms with Gasteiger partial charge in [-0.1, -0.05) is 47.5 Å². The summed E-state index contributed by atoms with van der Waals surface area (Å²) in [6.07, 6.45) is 1.48. The van der Waals surface area contributed by atoms with Crippen LogP contribution in [0.3, 0.4) is 0 Å². The van der Waals surface area contributed by atoms with Crippen molar-refractivity contribution in [2.75, 3.05) is 19.0 Å². The topological polar surface area (TPSA) is 75.7 Å². The van der Waals surface area contributed by atoms with E-state index in [0.717, 1.165) is 16.7 Å². The first kappa shape index (κ1) is 20.3. The van der Waals surface area contributed by atoms with Gasteiger partial charge in [-0.05, 0) is 41.6 Å². The Morgan fingerprint density at radius 3 is 2.68 bits per heavy atom. The maximum atomic E-state index is 12.6. The van der Waals surface area contributed by atoms with Crippen molar-refractivity contribution in [3.63, 3.8) is 0 Å². The van der Waals surface area contributed by atoms with E-state index in [2.05, 4.69) is 5.32 Å². The van der Waals surface area contributed by atoms with Gasteiger partial charge in [-0.15, -0.1) is 0 Å². The lowest BCUT2D eigenvalue weighted by molar-refractivity contribution is -0.127. The summed E-state index contributed by atoms with van der Waals surface area (Å²) in [4.78, 5) is 38.1. The molecule has 1 heterocycles. The lowest BCUT2D eigenvalue weighted by Crippen LogP contribution is -2.36. The largest absolute Gasteiger partial charge is 0.495 e. The van der Waals surface area contributed by atoms with Crippen LogP contribution in [-0.4, -0.2) is 35.6 Å². The lowest BCUT2D eigenvalue weighted by atomic mass is 10.2. The summed E-state index contributed by atoms with van der Waals surface area (Å²) in [7, 11) is 1.48. The van der Waals surface area contributed by atoms with E-state index in [9.17, 15) is 14.4 Å². The van der Waals surface area contributed by atoms with Crippen LogP contribution in [0.2, 0.25) is 10.0 Å². The minimum Gasteiger partial charge on any atom is -0.495 e. The molecule has 0 saturated carbocycles. The molecule has 1 saturated heterocycles. The molecule has 0 aliphatic carbocycles. The third kappa shape index (κ3) is 4.32. The van der Waals surface area contributed by atoms with Gasteiger partial charge in [-0.25, -0.2) is 0 Å². The van der Waals surface area contributed by atoms with Crippen molar-refractivity contribution in [3.05, 3.63) is 63.0 Å². The highest BCUT2D eigenvalue weighted by molar-refractivity contribution is 8.18. The number of amides is 3. The third-order valence-corrected chi connectivity index (χ3v) is 5.57. The van der Waals surface area contributed by atoms with Gasteiger partial charge in [0.25, 0.3) is 11.1 Å². The van der Waals surface area contributed by atoms with Crippen LogP contribution >= 0.6 is 35.0 Å². The molecule has 6 nitrogen and oxygen atoms in total. The Labute approximate surface area is 175 Å². The van der Waals surface area contributed by atoms with E-state index in [0.29, 0.717) is 22.0 Å². The van der Waals surface area contributed by atoms with E-state index in [1.807, 2.05) is 0 Å². The Morgan fingerprint density at radius 2 is 1.93 bits per heavy atom. The number of ether oxygens (including phenoxy) is 1. The van der Waals surface area contributed by atoms with Gasteiger partial charge in [0.15, 0.2) is 0 Å². The molecule has 3 amide bonds. The highest BCUT2D eigenvalue weighted by Crippen LogP contribution is 2.35. The molecule has 0 bridgehead atoms. The van der Waals surface area contributed by atoms with Crippen molar-refractivity contribution in [2.24, 2.45) is 0 Å². The molecule has 0 atom stereocenters. The number of methoxy groups -OCH3 is 1. The fourth-order valence-corrected chi connectivity index (χ4v) is 3.68. The van der Waals surface area contributed by atoms with Crippen LogP contribution in [0.5, 0.6) is 5.75 Å². The molecule has 28 heavy (non-hydrogen) atoms. The van der Waals surface area contributed by atoms with E-state index < -0.39 is 23.6 Å². The molecular formula is C19H14Cl2N2O4S. The molecule has 0 spiro atoms. The molecule has 9 heteroatoms. The molecule has 2 aromatic rings. The Morgan fingerprint density at radius 1 is 1.18 bits per heavy atom. The summed E-state index contributed by atoms with van der Waals surface area (Å²) in [5.41, 5.74) is 0.960. The molecule has 1 N–H and O–H groups in total. The Kier molecular flexibility index (Phi) is 6.28. The van der Waals surface area contributed by atoms with Crippen LogP contribution in [0.4, 0.5) is 10.5 Å². The van der Waals surface area contributed by atoms with Crippen LogP contribution < -0.4 is 10.1 Å². The number of anilines is 1. The fourth-order valence-electron chi connectivity index (χ4n) is 2.49. The number of rotatable bonds is 5. The number of carbonyl (C=O) groups excluding carboxylic acids is 3. The Bertz CT molecular complexity index is 994. The number of para-hydroxylation sites is 2. The summed E-state index contributed by atoms with van der Waals surface area (Å²) in [6.45, 7) is -0.413. The minimum absolute atomic E-state index is 0.166. The average molecular weight is 437 g/mol. The van der Waals surface area contributed by atoms with Crippen molar-refractivity contribution in [2.45, 2.75) is 0 Å². The van der Waals surface area contributed by atoms with Gasteiger partial charge in [-0.3, -0.25) is 19.3 Å². The molecular weight excluding hydrogens is 423 g/mol. The summed E-state index contributed by atoms with van der Waals surface area (Å²) >= 11 is 12.8. The van der Waals surface area contributed by atoms with Crippen LogP contribution in [0.25, 0.3) is 6.08 Å². The molecule has 0 unspecified atom stereocenters. The summed E-state index contributed by atoms with van der Waals surface area (Å²) in [5, 5.41) is 2.72. The molecule has 1 fully saturated rings. The number of benzene rings is 2. The highest BCUT2D eigenvalue weighted by atomic mass is 35.5. The van der Waals surface area contributed by atoms with Crippen LogP contribution in [0, 0.1) is 0 Å². The van der Waals surface area contributed by atoms with Gasteiger partial charge in [-0.2, -0.15) is 0 Å². The number of imide groups is 1. The van der Waals surface area contributed by atoms with Crippen molar-refractivity contribution >= 4 is 63.8 Å². The van der Waals surface area contributed by atoms with E-state index in [4.69, 9.17) is 27.9 Å². The first-order valence-corrected chi connectivity index (χ1v) is 9.60. The Hall–Kier alpha value is -2.48. The fraction of sp³-hybridized carbons (Fsp3) is 0.105. The second-order valence-corrected chi connectivity index (χ2v) is 7.44. The second kappa shape index (κ2) is 8.68. The summed E-state index contributed by atoms with van der Waals surface area (Å²) in [5.74, 6) is -0.615. The summed E-state index contributed by atoms with van der Waals surface area (Å²) < 4.78 is 5.16. The molecule has 144 valence electrons. The number of nitrogens with zero attached hydrogens (tertiary/aromatic N) is 1. The SMILES string of the molecule is COc1ccccc1NC(=O)CN1C(=O)S/C(=C/c2cccc(Cl)c2Cl)C1=O. The van der Waals surface area contributed by atoms with Gasteiger partial charge in [0.1, 0.15) is 12.3 Å². The van der Waals surface area contributed by atoms with Gasteiger partial charge in [0.05, 0.1) is 27.7 Å². The number of halogens is 2. The van der Waals surface area contributed by atoms with Crippen LogP contribution in [-0.2, 0) is 9.59 Å². The van der Waals surface area contributed by atoms with E-state index in [-0.39, 0.29) is 9.93 Å². The van der Waals surface area contributed by atoms with Crippen molar-refractivity contribution in [1.29, 1.82) is 0 Å². The van der Waals surface area contributed by atoms with Gasteiger partial charge < -0.3 is 10.1 Å². The zero-order chi connectivity index (χ0) is 20.3. The van der Waals surface area contributed by atoms with Crippen LogP contribution in [0.1, 0.15) is 5.56 Å². The van der Waals surface area contributed by atoms with E-state index >= 15 is 0 Å². The summed E-state index contributed by atoms with van der Waals surface area (Å²) in [6, 6.07) is 11.8.